The van der Waals surface area contributed by atoms with Gasteiger partial charge in [-0.05, 0) is 48.1 Å². The maximum atomic E-state index is 4.33. The van der Waals surface area contributed by atoms with E-state index in [-0.39, 0.29) is 0 Å². The second-order valence-corrected chi connectivity index (χ2v) is 5.52. The molecule has 1 aliphatic rings. The van der Waals surface area contributed by atoms with E-state index in [2.05, 4.69) is 50.9 Å². The number of hydrogen-bond donors (Lipinski definition) is 0. The van der Waals surface area contributed by atoms with Crippen molar-refractivity contribution >= 4 is 0 Å². The number of pyridine rings is 1. The minimum Gasteiger partial charge on any atom is -0.327 e. The summed E-state index contributed by atoms with van der Waals surface area (Å²) in [4.78, 5) is 8.46. The molecule has 1 aliphatic heterocycles. The van der Waals surface area contributed by atoms with Crippen LogP contribution < -0.4 is 0 Å². The first-order valence-electron chi connectivity index (χ1n) is 7.43. The molecule has 0 aliphatic carbocycles. The van der Waals surface area contributed by atoms with E-state index in [0.29, 0.717) is 6.04 Å². The van der Waals surface area contributed by atoms with Gasteiger partial charge in [-0.1, -0.05) is 24.3 Å². The number of hydrogen-bond acceptors (Lipinski definition) is 2. The molecule has 1 atom stereocenters. The molecule has 0 saturated heterocycles. The van der Waals surface area contributed by atoms with E-state index in [9.17, 15) is 0 Å². The van der Waals surface area contributed by atoms with Gasteiger partial charge in [0.2, 0.25) is 0 Å². The summed E-state index contributed by atoms with van der Waals surface area (Å²) >= 11 is 0. The molecule has 0 bridgehead atoms. The SMILES string of the molecule is c1ccc(C2CCCc3cncn32)c(-c2ccncc2)c1. The maximum Gasteiger partial charge on any atom is 0.0953 e. The third-order valence-corrected chi connectivity index (χ3v) is 4.30. The van der Waals surface area contributed by atoms with E-state index in [4.69, 9.17) is 0 Å². The van der Waals surface area contributed by atoms with Gasteiger partial charge in [-0.3, -0.25) is 4.98 Å². The van der Waals surface area contributed by atoms with Gasteiger partial charge in [0.1, 0.15) is 0 Å². The molecule has 2 aromatic heterocycles. The van der Waals surface area contributed by atoms with E-state index < -0.39 is 0 Å². The van der Waals surface area contributed by atoms with E-state index in [1.807, 2.05) is 24.9 Å². The predicted octanol–water partition coefficient (Wildman–Crippen LogP) is 3.87. The number of nitrogens with zero attached hydrogens (tertiary/aromatic N) is 3. The molecule has 4 rings (SSSR count). The quantitative estimate of drug-likeness (QED) is 0.710. The van der Waals surface area contributed by atoms with Crippen LogP contribution in [0, 0.1) is 0 Å². The highest BCUT2D eigenvalue weighted by Gasteiger charge is 2.23. The molecule has 0 N–H and O–H groups in total. The summed E-state index contributed by atoms with van der Waals surface area (Å²) in [5.74, 6) is 0. The van der Waals surface area contributed by atoms with Crippen LogP contribution in [-0.4, -0.2) is 14.5 Å². The standard InChI is InChI=1S/C18H17N3/c1-2-6-17(16(5-1)14-8-10-19-11-9-14)18-7-3-4-15-12-20-13-21(15)18/h1-2,5-6,8-13,18H,3-4,7H2. The second-order valence-electron chi connectivity index (χ2n) is 5.52. The Morgan fingerprint density at radius 1 is 1.00 bits per heavy atom. The summed E-state index contributed by atoms with van der Waals surface area (Å²) in [6, 6.07) is 13.2. The first kappa shape index (κ1) is 12.3. The van der Waals surface area contributed by atoms with Crippen molar-refractivity contribution in [1.29, 1.82) is 0 Å². The molecule has 0 spiro atoms. The first-order chi connectivity index (χ1) is 10.4. The van der Waals surface area contributed by atoms with Crippen molar-refractivity contribution in [2.24, 2.45) is 0 Å². The highest BCUT2D eigenvalue weighted by atomic mass is 15.1. The van der Waals surface area contributed by atoms with Crippen LogP contribution in [0.5, 0.6) is 0 Å². The molecule has 3 nitrogen and oxygen atoms in total. The fourth-order valence-electron chi connectivity index (χ4n) is 3.31. The molecule has 1 unspecified atom stereocenters. The number of aromatic nitrogens is 3. The van der Waals surface area contributed by atoms with E-state index in [0.717, 1.165) is 6.42 Å². The second kappa shape index (κ2) is 5.17. The maximum absolute atomic E-state index is 4.33. The number of benzene rings is 1. The van der Waals surface area contributed by atoms with Gasteiger partial charge < -0.3 is 4.57 Å². The predicted molar refractivity (Wildman–Crippen MR) is 83.0 cm³/mol. The van der Waals surface area contributed by atoms with E-state index in [1.54, 1.807) is 0 Å². The third-order valence-electron chi connectivity index (χ3n) is 4.30. The Hall–Kier alpha value is -2.42. The average Bonchev–Trinajstić information content (AvgIpc) is 3.04. The van der Waals surface area contributed by atoms with Crippen molar-refractivity contribution in [1.82, 2.24) is 14.5 Å². The van der Waals surface area contributed by atoms with Crippen LogP contribution in [-0.2, 0) is 6.42 Å². The molecule has 3 aromatic rings. The molecule has 3 heteroatoms. The third kappa shape index (κ3) is 2.15. The van der Waals surface area contributed by atoms with Crippen molar-refractivity contribution in [2.75, 3.05) is 0 Å². The number of rotatable bonds is 2. The van der Waals surface area contributed by atoms with Crippen molar-refractivity contribution < 1.29 is 0 Å². The van der Waals surface area contributed by atoms with Crippen LogP contribution in [0.1, 0.15) is 30.1 Å². The Balaban J connectivity index is 1.85. The monoisotopic (exact) mass is 275 g/mol. The smallest absolute Gasteiger partial charge is 0.0953 e. The summed E-state index contributed by atoms with van der Waals surface area (Å²) in [6.07, 6.45) is 11.2. The van der Waals surface area contributed by atoms with Crippen molar-refractivity contribution in [3.05, 3.63) is 72.6 Å². The molecule has 21 heavy (non-hydrogen) atoms. The Bertz CT molecular complexity index is 746. The summed E-state index contributed by atoms with van der Waals surface area (Å²) in [5, 5.41) is 0. The van der Waals surface area contributed by atoms with E-state index in [1.165, 1.54) is 35.2 Å². The van der Waals surface area contributed by atoms with Gasteiger partial charge in [0.25, 0.3) is 0 Å². The summed E-state index contributed by atoms with van der Waals surface area (Å²) in [5.41, 5.74) is 5.25. The van der Waals surface area contributed by atoms with Crippen LogP contribution >= 0.6 is 0 Å². The Labute approximate surface area is 124 Å². The van der Waals surface area contributed by atoms with Crippen molar-refractivity contribution in [3.63, 3.8) is 0 Å². The zero-order valence-corrected chi connectivity index (χ0v) is 11.8. The van der Waals surface area contributed by atoms with Crippen LogP contribution in [0.15, 0.2) is 61.3 Å². The lowest BCUT2D eigenvalue weighted by atomic mass is 9.90. The minimum absolute atomic E-state index is 0.389. The molecular weight excluding hydrogens is 258 g/mol. The molecule has 3 heterocycles. The minimum atomic E-state index is 0.389. The largest absolute Gasteiger partial charge is 0.327 e. The Morgan fingerprint density at radius 3 is 2.76 bits per heavy atom. The summed E-state index contributed by atoms with van der Waals surface area (Å²) in [6.45, 7) is 0. The topological polar surface area (TPSA) is 30.7 Å². The van der Waals surface area contributed by atoms with Gasteiger partial charge in [-0.2, -0.15) is 0 Å². The molecule has 0 fully saturated rings. The van der Waals surface area contributed by atoms with Crippen LogP contribution in [0.2, 0.25) is 0 Å². The highest BCUT2D eigenvalue weighted by Crippen LogP contribution is 2.36. The van der Waals surface area contributed by atoms with Crippen molar-refractivity contribution in [2.45, 2.75) is 25.3 Å². The van der Waals surface area contributed by atoms with Gasteiger partial charge in [0.05, 0.1) is 12.4 Å². The molecule has 0 amide bonds. The van der Waals surface area contributed by atoms with Crippen molar-refractivity contribution in [3.8, 4) is 11.1 Å². The lowest BCUT2D eigenvalue weighted by Gasteiger charge is -2.27. The fourth-order valence-corrected chi connectivity index (χ4v) is 3.31. The first-order valence-corrected chi connectivity index (χ1v) is 7.43. The average molecular weight is 275 g/mol. The molecular formula is C18H17N3. The molecule has 104 valence electrons. The normalized spacial score (nSPS) is 17.4. The summed E-state index contributed by atoms with van der Waals surface area (Å²) in [7, 11) is 0. The lowest BCUT2D eigenvalue weighted by molar-refractivity contribution is 0.458. The van der Waals surface area contributed by atoms with Gasteiger partial charge >= 0.3 is 0 Å². The van der Waals surface area contributed by atoms with E-state index >= 15 is 0 Å². The molecule has 1 aromatic carbocycles. The van der Waals surface area contributed by atoms with Gasteiger partial charge in [-0.25, -0.2) is 4.98 Å². The lowest BCUT2D eigenvalue weighted by Crippen LogP contribution is -2.18. The number of aryl methyl sites for hydroxylation is 1. The van der Waals surface area contributed by atoms with Gasteiger partial charge in [0.15, 0.2) is 0 Å². The zero-order valence-electron chi connectivity index (χ0n) is 11.8. The van der Waals surface area contributed by atoms with Crippen LogP contribution in [0.3, 0.4) is 0 Å². The Kier molecular flexibility index (Phi) is 3.03. The molecule has 0 radical (unpaired) electrons. The zero-order chi connectivity index (χ0) is 14.1. The number of fused-ring (bicyclic) bond motifs is 1. The molecule has 0 saturated carbocycles. The highest BCUT2D eigenvalue weighted by molar-refractivity contribution is 5.67. The van der Waals surface area contributed by atoms with Gasteiger partial charge in [0, 0.05) is 24.3 Å². The summed E-state index contributed by atoms with van der Waals surface area (Å²) < 4.78 is 2.34. The van der Waals surface area contributed by atoms with Crippen LogP contribution in [0.25, 0.3) is 11.1 Å². The van der Waals surface area contributed by atoms with Crippen LogP contribution in [0.4, 0.5) is 0 Å². The van der Waals surface area contributed by atoms with Gasteiger partial charge in [-0.15, -0.1) is 0 Å². The number of imidazole rings is 1. The Morgan fingerprint density at radius 2 is 1.86 bits per heavy atom. The fraction of sp³-hybridized carbons (Fsp3) is 0.222.